The maximum Gasteiger partial charge on any atom is 0.339 e. The van der Waals surface area contributed by atoms with Crippen LogP contribution in [0.3, 0.4) is 0 Å². The van der Waals surface area contributed by atoms with E-state index in [1.165, 1.54) is 7.11 Å². The van der Waals surface area contributed by atoms with E-state index in [-0.39, 0.29) is 5.97 Å². The Kier molecular flexibility index (Phi) is 2.81. The van der Waals surface area contributed by atoms with Gasteiger partial charge in [-0.1, -0.05) is 13.8 Å². The van der Waals surface area contributed by atoms with Crippen LogP contribution in [-0.4, -0.2) is 24.1 Å². The van der Waals surface area contributed by atoms with Crippen LogP contribution < -0.4 is 5.32 Å². The molecule has 1 saturated carbocycles. The van der Waals surface area contributed by atoms with Crippen LogP contribution >= 0.6 is 0 Å². The SMILES string of the molecule is COC(=O)c1ccc(NC2CC2(C)C)nc1C. The first-order valence-corrected chi connectivity index (χ1v) is 5.76. The predicted molar refractivity (Wildman–Crippen MR) is 66.1 cm³/mol. The normalized spacial score (nSPS) is 20.8. The number of esters is 1. The molecule has 92 valence electrons. The average Bonchev–Trinajstić information content (AvgIpc) is 2.85. The van der Waals surface area contributed by atoms with Gasteiger partial charge in [0.15, 0.2) is 0 Å². The van der Waals surface area contributed by atoms with Crippen LogP contribution in [0.1, 0.15) is 36.3 Å². The Morgan fingerprint density at radius 1 is 1.53 bits per heavy atom. The average molecular weight is 234 g/mol. The van der Waals surface area contributed by atoms with E-state index in [2.05, 4.69) is 28.9 Å². The second-order valence-corrected chi connectivity index (χ2v) is 5.21. The van der Waals surface area contributed by atoms with E-state index in [1.54, 1.807) is 6.07 Å². The number of methoxy groups -OCH3 is 1. The number of aryl methyl sites for hydroxylation is 1. The van der Waals surface area contributed by atoms with E-state index < -0.39 is 0 Å². The summed E-state index contributed by atoms with van der Waals surface area (Å²) in [5.41, 5.74) is 1.57. The molecule has 2 rings (SSSR count). The number of aromatic nitrogens is 1. The number of rotatable bonds is 3. The quantitative estimate of drug-likeness (QED) is 0.816. The highest BCUT2D eigenvalue weighted by Crippen LogP contribution is 2.46. The summed E-state index contributed by atoms with van der Waals surface area (Å²) in [5, 5.41) is 3.37. The lowest BCUT2D eigenvalue weighted by Gasteiger charge is -2.09. The molecule has 0 aromatic carbocycles. The molecular formula is C13H18N2O2. The predicted octanol–water partition coefficient (Wildman–Crippen LogP) is 2.39. The van der Waals surface area contributed by atoms with Gasteiger partial charge in [-0.3, -0.25) is 0 Å². The standard InChI is InChI=1S/C13H18N2O2/c1-8-9(12(16)17-4)5-6-11(14-8)15-10-7-13(10,2)3/h5-6,10H,7H2,1-4H3,(H,14,15). The number of carbonyl (C=O) groups excluding carboxylic acids is 1. The molecule has 1 aliphatic carbocycles. The number of hydrogen-bond donors (Lipinski definition) is 1. The van der Waals surface area contributed by atoms with Crippen molar-refractivity contribution in [1.82, 2.24) is 4.98 Å². The van der Waals surface area contributed by atoms with Gasteiger partial charge in [-0.05, 0) is 30.9 Å². The molecule has 17 heavy (non-hydrogen) atoms. The van der Waals surface area contributed by atoms with Crippen molar-refractivity contribution >= 4 is 11.8 Å². The zero-order chi connectivity index (χ0) is 12.6. The molecule has 1 heterocycles. The second-order valence-electron chi connectivity index (χ2n) is 5.21. The maximum absolute atomic E-state index is 11.4. The van der Waals surface area contributed by atoms with Gasteiger partial charge < -0.3 is 10.1 Å². The minimum absolute atomic E-state index is 0.340. The molecule has 4 heteroatoms. The van der Waals surface area contributed by atoms with Crippen molar-refractivity contribution in [2.75, 3.05) is 12.4 Å². The number of carbonyl (C=O) groups is 1. The van der Waals surface area contributed by atoms with Crippen molar-refractivity contribution < 1.29 is 9.53 Å². The molecule has 4 nitrogen and oxygen atoms in total. The Balaban J connectivity index is 2.12. The maximum atomic E-state index is 11.4. The van der Waals surface area contributed by atoms with Crippen molar-refractivity contribution in [3.8, 4) is 0 Å². The highest BCUT2D eigenvalue weighted by atomic mass is 16.5. The van der Waals surface area contributed by atoms with Gasteiger partial charge in [-0.15, -0.1) is 0 Å². The van der Waals surface area contributed by atoms with Crippen LogP contribution in [-0.2, 0) is 4.74 Å². The minimum Gasteiger partial charge on any atom is -0.465 e. The molecule has 1 unspecified atom stereocenters. The molecule has 0 saturated heterocycles. The molecule has 1 atom stereocenters. The van der Waals surface area contributed by atoms with Gasteiger partial charge in [0.05, 0.1) is 18.4 Å². The molecule has 0 bridgehead atoms. The Morgan fingerprint density at radius 3 is 2.65 bits per heavy atom. The van der Waals surface area contributed by atoms with Crippen molar-refractivity contribution in [3.63, 3.8) is 0 Å². The van der Waals surface area contributed by atoms with Gasteiger partial charge >= 0.3 is 5.97 Å². The van der Waals surface area contributed by atoms with Crippen LogP contribution in [0.15, 0.2) is 12.1 Å². The number of pyridine rings is 1. The first-order valence-electron chi connectivity index (χ1n) is 5.76. The summed E-state index contributed by atoms with van der Waals surface area (Å²) in [6.45, 7) is 6.26. The molecule has 1 fully saturated rings. The lowest BCUT2D eigenvalue weighted by molar-refractivity contribution is 0.0599. The fourth-order valence-electron chi connectivity index (χ4n) is 1.86. The van der Waals surface area contributed by atoms with Gasteiger partial charge in [0.2, 0.25) is 0 Å². The minimum atomic E-state index is -0.340. The van der Waals surface area contributed by atoms with E-state index >= 15 is 0 Å². The summed E-state index contributed by atoms with van der Waals surface area (Å²) in [6, 6.07) is 4.07. The van der Waals surface area contributed by atoms with Gasteiger partial charge in [-0.2, -0.15) is 0 Å². The van der Waals surface area contributed by atoms with Crippen LogP contribution in [0.4, 0.5) is 5.82 Å². The van der Waals surface area contributed by atoms with Crippen molar-refractivity contribution in [2.24, 2.45) is 5.41 Å². The molecule has 0 aliphatic heterocycles. The number of anilines is 1. The van der Waals surface area contributed by atoms with E-state index in [1.807, 2.05) is 13.0 Å². The molecule has 1 aliphatic rings. The summed E-state index contributed by atoms with van der Waals surface area (Å²) in [6.07, 6.45) is 1.16. The zero-order valence-corrected chi connectivity index (χ0v) is 10.7. The Labute approximate surface area is 101 Å². The van der Waals surface area contributed by atoms with Crippen molar-refractivity contribution in [3.05, 3.63) is 23.4 Å². The van der Waals surface area contributed by atoms with Crippen molar-refractivity contribution in [2.45, 2.75) is 33.2 Å². The highest BCUT2D eigenvalue weighted by molar-refractivity contribution is 5.90. The molecular weight excluding hydrogens is 216 g/mol. The summed E-state index contributed by atoms with van der Waals surface area (Å²) in [5.74, 6) is 0.485. The Morgan fingerprint density at radius 2 is 2.18 bits per heavy atom. The third-order valence-electron chi connectivity index (χ3n) is 3.33. The number of nitrogens with one attached hydrogen (secondary N) is 1. The Bertz CT molecular complexity index is 455. The van der Waals surface area contributed by atoms with Gasteiger partial charge in [0, 0.05) is 6.04 Å². The van der Waals surface area contributed by atoms with Crippen LogP contribution in [0.5, 0.6) is 0 Å². The number of hydrogen-bond acceptors (Lipinski definition) is 4. The van der Waals surface area contributed by atoms with Gasteiger partial charge in [0.25, 0.3) is 0 Å². The third-order valence-corrected chi connectivity index (χ3v) is 3.33. The Hall–Kier alpha value is -1.58. The van der Waals surface area contributed by atoms with E-state index in [0.29, 0.717) is 22.7 Å². The fourth-order valence-corrected chi connectivity index (χ4v) is 1.86. The lowest BCUT2D eigenvalue weighted by Crippen LogP contribution is -2.12. The fraction of sp³-hybridized carbons (Fsp3) is 0.538. The van der Waals surface area contributed by atoms with Crippen LogP contribution in [0.25, 0.3) is 0 Å². The molecule has 0 radical (unpaired) electrons. The highest BCUT2D eigenvalue weighted by Gasteiger charge is 2.45. The summed E-state index contributed by atoms with van der Waals surface area (Å²) < 4.78 is 4.68. The summed E-state index contributed by atoms with van der Waals surface area (Å²) in [7, 11) is 1.38. The molecule has 1 aromatic rings. The monoisotopic (exact) mass is 234 g/mol. The van der Waals surface area contributed by atoms with Gasteiger partial charge in [0.1, 0.15) is 5.82 Å². The molecule has 1 aromatic heterocycles. The van der Waals surface area contributed by atoms with E-state index in [4.69, 9.17) is 0 Å². The zero-order valence-electron chi connectivity index (χ0n) is 10.7. The largest absolute Gasteiger partial charge is 0.465 e. The van der Waals surface area contributed by atoms with E-state index in [9.17, 15) is 4.79 Å². The molecule has 1 N–H and O–H groups in total. The van der Waals surface area contributed by atoms with Crippen LogP contribution in [0.2, 0.25) is 0 Å². The van der Waals surface area contributed by atoms with Crippen LogP contribution in [0, 0.1) is 12.3 Å². The third kappa shape index (κ3) is 2.40. The summed E-state index contributed by atoms with van der Waals surface area (Å²) in [4.78, 5) is 15.8. The lowest BCUT2D eigenvalue weighted by atomic mass is 10.2. The van der Waals surface area contributed by atoms with Crippen molar-refractivity contribution in [1.29, 1.82) is 0 Å². The van der Waals surface area contributed by atoms with Gasteiger partial charge in [-0.25, -0.2) is 9.78 Å². The first-order chi connectivity index (χ1) is 7.94. The molecule has 0 spiro atoms. The van der Waals surface area contributed by atoms with E-state index in [0.717, 1.165) is 12.2 Å². The summed E-state index contributed by atoms with van der Waals surface area (Å²) >= 11 is 0. The topological polar surface area (TPSA) is 51.2 Å². The number of nitrogens with zero attached hydrogens (tertiary/aromatic N) is 1. The second kappa shape index (κ2) is 4.02. The molecule has 0 amide bonds. The smallest absolute Gasteiger partial charge is 0.339 e. The number of ether oxygens (including phenoxy) is 1. The first kappa shape index (κ1) is 11.9.